The lowest BCUT2D eigenvalue weighted by Crippen LogP contribution is -2.43. The van der Waals surface area contributed by atoms with Crippen molar-refractivity contribution in [2.24, 2.45) is 0 Å². The Hall–Kier alpha value is -2.49. The fourth-order valence-electron chi connectivity index (χ4n) is 2.87. The number of carbonyl (C=O) groups is 1. The smallest absolute Gasteiger partial charge is 0.407 e. The van der Waals surface area contributed by atoms with Crippen molar-refractivity contribution in [1.82, 2.24) is 10.3 Å². The molecule has 1 aromatic rings. The summed E-state index contributed by atoms with van der Waals surface area (Å²) in [7, 11) is 0. The van der Waals surface area contributed by atoms with Crippen LogP contribution in [0, 0.1) is 11.3 Å². The molecule has 0 bridgehead atoms. The van der Waals surface area contributed by atoms with E-state index in [2.05, 4.69) is 21.7 Å². The monoisotopic (exact) mass is 360 g/mol. The highest BCUT2D eigenvalue weighted by molar-refractivity contribution is 5.68. The van der Waals surface area contributed by atoms with E-state index in [9.17, 15) is 4.79 Å². The third kappa shape index (κ3) is 6.10. The topological polar surface area (TPSA) is 96.3 Å². The molecule has 0 saturated heterocycles. The molecule has 26 heavy (non-hydrogen) atoms. The van der Waals surface area contributed by atoms with Crippen LogP contribution in [0.1, 0.15) is 58.9 Å². The highest BCUT2D eigenvalue weighted by atomic mass is 16.6. The Kier molecular flexibility index (Phi) is 6.67. The second-order valence-electron chi connectivity index (χ2n) is 7.49. The van der Waals surface area contributed by atoms with Crippen LogP contribution in [0.15, 0.2) is 12.1 Å². The molecule has 142 valence electrons. The van der Waals surface area contributed by atoms with Crippen LogP contribution in [0.5, 0.6) is 5.88 Å². The minimum atomic E-state index is -0.357. The van der Waals surface area contributed by atoms with Crippen molar-refractivity contribution in [2.75, 3.05) is 11.9 Å². The van der Waals surface area contributed by atoms with Crippen molar-refractivity contribution in [1.29, 1.82) is 5.26 Å². The Morgan fingerprint density at radius 3 is 2.58 bits per heavy atom. The first kappa shape index (κ1) is 19.8. The maximum atomic E-state index is 11.9. The molecule has 1 aromatic heterocycles. The molecule has 2 rings (SSSR count). The average molecular weight is 360 g/mol. The third-order valence-corrected chi connectivity index (χ3v) is 4.04. The lowest BCUT2D eigenvalue weighted by atomic mass is 9.93. The molecule has 2 N–H and O–H groups in total. The quantitative estimate of drug-likeness (QED) is 0.833. The minimum Gasteiger partial charge on any atom is -0.477 e. The van der Waals surface area contributed by atoms with Crippen molar-refractivity contribution in [2.45, 2.75) is 71.1 Å². The zero-order valence-corrected chi connectivity index (χ0v) is 16.0. The largest absolute Gasteiger partial charge is 0.477 e. The molecule has 7 nitrogen and oxygen atoms in total. The number of alkyl carbamates (subject to hydrolysis) is 1. The molecule has 0 radical (unpaired) electrons. The van der Waals surface area contributed by atoms with E-state index in [1.165, 1.54) is 0 Å². The molecule has 1 amide bonds. The average Bonchev–Trinajstić information content (AvgIpc) is 2.55. The highest BCUT2D eigenvalue weighted by Crippen LogP contribution is 2.25. The van der Waals surface area contributed by atoms with Crippen molar-refractivity contribution >= 4 is 11.9 Å². The predicted octanol–water partition coefficient (Wildman–Crippen LogP) is 3.60. The summed E-state index contributed by atoms with van der Waals surface area (Å²) in [4.78, 5) is 16.2. The maximum Gasteiger partial charge on any atom is 0.407 e. The summed E-state index contributed by atoms with van der Waals surface area (Å²) in [6, 6.07) is 5.85. The summed E-state index contributed by atoms with van der Waals surface area (Å²) in [5.74, 6) is 1.05. The van der Waals surface area contributed by atoms with Gasteiger partial charge >= 0.3 is 6.09 Å². The molecule has 0 aliphatic heterocycles. The van der Waals surface area contributed by atoms with Crippen molar-refractivity contribution < 1.29 is 14.3 Å². The Morgan fingerprint density at radius 2 is 2.00 bits per heavy atom. The maximum absolute atomic E-state index is 11.9. The molecule has 1 saturated carbocycles. The number of nitrogens with zero attached hydrogens (tertiary/aromatic N) is 2. The zero-order chi connectivity index (χ0) is 19.2. The minimum absolute atomic E-state index is 0.0525. The van der Waals surface area contributed by atoms with Crippen LogP contribution >= 0.6 is 0 Å². The molecule has 1 aliphatic rings. The molecule has 1 aliphatic carbocycles. The Morgan fingerprint density at radius 1 is 1.31 bits per heavy atom. The number of hydrogen-bond donors (Lipinski definition) is 2. The number of anilines is 1. The first-order valence-electron chi connectivity index (χ1n) is 9.10. The van der Waals surface area contributed by atoms with E-state index in [1.807, 2.05) is 27.7 Å². The third-order valence-electron chi connectivity index (χ3n) is 4.04. The van der Waals surface area contributed by atoms with Gasteiger partial charge in [0.2, 0.25) is 5.88 Å². The number of aromatic nitrogens is 1. The molecule has 1 fully saturated rings. The molecular formula is C19H28N4O3. The van der Waals surface area contributed by atoms with Gasteiger partial charge in [-0.05, 0) is 65.5 Å². The van der Waals surface area contributed by atoms with E-state index < -0.39 is 0 Å². The first-order valence-corrected chi connectivity index (χ1v) is 9.10. The summed E-state index contributed by atoms with van der Waals surface area (Å²) in [5.41, 5.74) is 0.134. The predicted molar refractivity (Wildman–Crippen MR) is 99.2 cm³/mol. The summed E-state index contributed by atoms with van der Waals surface area (Å²) >= 11 is 0. The Bertz CT molecular complexity index is 656. The van der Waals surface area contributed by atoms with Gasteiger partial charge in [0.05, 0.1) is 6.61 Å². The van der Waals surface area contributed by atoms with Crippen LogP contribution in [0.3, 0.4) is 0 Å². The van der Waals surface area contributed by atoms with Crippen LogP contribution in [-0.2, 0) is 4.74 Å². The van der Waals surface area contributed by atoms with Gasteiger partial charge in [0.1, 0.15) is 23.6 Å². The molecule has 0 spiro atoms. The van der Waals surface area contributed by atoms with Gasteiger partial charge in [0, 0.05) is 11.6 Å². The van der Waals surface area contributed by atoms with Gasteiger partial charge in [0.25, 0.3) is 0 Å². The van der Waals surface area contributed by atoms with E-state index in [0.29, 0.717) is 23.9 Å². The van der Waals surface area contributed by atoms with Gasteiger partial charge in [-0.2, -0.15) is 10.2 Å². The van der Waals surface area contributed by atoms with E-state index in [1.54, 1.807) is 12.1 Å². The fraction of sp³-hybridized carbons (Fsp3) is 0.632. The number of ether oxygens (including phenoxy) is 2. The van der Waals surface area contributed by atoms with Gasteiger partial charge in [-0.3, -0.25) is 0 Å². The van der Waals surface area contributed by atoms with Gasteiger partial charge < -0.3 is 20.1 Å². The number of amides is 1. The second-order valence-corrected chi connectivity index (χ2v) is 7.49. The standard InChI is InChI=1S/C19H28N4O3/c1-5-25-17-13(12-20)6-11-16(22-17)21-14-7-9-15(10-8-14)26-18(24)23-19(2,3)4/h6,11,14-15H,5,7-10H2,1-4H3,(H,21,22)(H,23,24). The Labute approximate surface area is 155 Å². The molecule has 7 heteroatoms. The molecule has 0 unspecified atom stereocenters. The molecule has 1 heterocycles. The second kappa shape index (κ2) is 8.75. The van der Waals surface area contributed by atoms with Crippen molar-refractivity contribution in [3.05, 3.63) is 17.7 Å². The van der Waals surface area contributed by atoms with E-state index >= 15 is 0 Å². The van der Waals surface area contributed by atoms with E-state index in [-0.39, 0.29) is 23.8 Å². The van der Waals surface area contributed by atoms with Crippen LogP contribution < -0.4 is 15.4 Å². The summed E-state index contributed by atoms with van der Waals surface area (Å²) in [6.45, 7) is 8.10. The summed E-state index contributed by atoms with van der Waals surface area (Å²) < 4.78 is 10.9. The van der Waals surface area contributed by atoms with Gasteiger partial charge in [-0.15, -0.1) is 0 Å². The Balaban J connectivity index is 1.84. The summed E-state index contributed by atoms with van der Waals surface area (Å²) in [6.07, 6.45) is 2.98. The highest BCUT2D eigenvalue weighted by Gasteiger charge is 2.25. The fourth-order valence-corrected chi connectivity index (χ4v) is 2.87. The number of pyridine rings is 1. The number of rotatable bonds is 5. The number of carbonyl (C=O) groups excluding carboxylic acids is 1. The van der Waals surface area contributed by atoms with Gasteiger partial charge in [-0.1, -0.05) is 0 Å². The van der Waals surface area contributed by atoms with Crippen LogP contribution in [0.4, 0.5) is 10.6 Å². The molecule has 0 atom stereocenters. The van der Waals surface area contributed by atoms with Crippen molar-refractivity contribution in [3.63, 3.8) is 0 Å². The van der Waals surface area contributed by atoms with Gasteiger partial charge in [0.15, 0.2) is 0 Å². The SMILES string of the molecule is CCOc1nc(NC2CCC(OC(=O)NC(C)(C)C)CC2)ccc1C#N. The normalized spacial score (nSPS) is 20.0. The number of nitriles is 1. The van der Waals surface area contributed by atoms with Gasteiger partial charge in [-0.25, -0.2) is 4.79 Å². The zero-order valence-electron chi connectivity index (χ0n) is 16.0. The first-order chi connectivity index (χ1) is 12.3. The van der Waals surface area contributed by atoms with Crippen molar-refractivity contribution in [3.8, 4) is 11.9 Å². The molecule has 0 aromatic carbocycles. The molecular weight excluding hydrogens is 332 g/mol. The number of hydrogen-bond acceptors (Lipinski definition) is 6. The van der Waals surface area contributed by atoms with Crippen LogP contribution in [0.25, 0.3) is 0 Å². The van der Waals surface area contributed by atoms with E-state index in [0.717, 1.165) is 25.7 Å². The lowest BCUT2D eigenvalue weighted by Gasteiger charge is -2.30. The lowest BCUT2D eigenvalue weighted by molar-refractivity contribution is 0.0682. The number of nitrogens with one attached hydrogen (secondary N) is 2. The summed E-state index contributed by atoms with van der Waals surface area (Å²) in [5, 5.41) is 15.3. The van der Waals surface area contributed by atoms with Crippen LogP contribution in [-0.4, -0.2) is 35.4 Å². The van der Waals surface area contributed by atoms with E-state index in [4.69, 9.17) is 14.7 Å². The van der Waals surface area contributed by atoms with Crippen LogP contribution in [0.2, 0.25) is 0 Å².